The van der Waals surface area contributed by atoms with Gasteiger partial charge in [0.05, 0.1) is 34.0 Å². The molecule has 12 rings (SSSR count). The number of thiophene rings is 6. The molecule has 3 aliphatic rings. The Bertz CT molecular complexity index is 4500. The summed E-state index contributed by atoms with van der Waals surface area (Å²) in [6.07, 6.45) is 21.2. The molecule has 5 unspecified atom stereocenters. The van der Waals surface area contributed by atoms with E-state index in [0.717, 1.165) is 204 Å². The van der Waals surface area contributed by atoms with Gasteiger partial charge in [0.1, 0.15) is 27.2 Å². The van der Waals surface area contributed by atoms with E-state index in [2.05, 4.69) is 147 Å². The molecule has 104 heavy (non-hydrogen) atoms. The lowest BCUT2D eigenvalue weighted by Crippen LogP contribution is -2.57. The van der Waals surface area contributed by atoms with Gasteiger partial charge in [-0.3, -0.25) is 14.5 Å². The number of fused-ring (bicyclic) bond motifs is 8. The Morgan fingerprint density at radius 3 is 1.09 bits per heavy atom. The molecule has 0 fully saturated rings. The lowest BCUT2D eigenvalue weighted by Gasteiger charge is -2.36. The van der Waals surface area contributed by atoms with Crippen LogP contribution >= 0.6 is 79.7 Å². The molecule has 560 valence electrons. The van der Waals surface area contributed by atoms with Gasteiger partial charge in [-0.1, -0.05) is 233 Å². The molecule has 18 heteroatoms. The van der Waals surface area contributed by atoms with Gasteiger partial charge in [-0.05, 0) is 140 Å². The summed E-state index contributed by atoms with van der Waals surface area (Å²) in [6, 6.07) is 21.5. The zero-order valence-electron chi connectivity index (χ0n) is 64.7. The molecule has 0 radical (unpaired) electrons. The maximum absolute atomic E-state index is 18.1. The zero-order chi connectivity index (χ0) is 74.5. The summed E-state index contributed by atoms with van der Waals surface area (Å²) < 4.78 is 82.2. The zero-order valence-corrected chi connectivity index (χ0v) is 72.4. The third-order valence-corrected chi connectivity index (χ3v) is 44.1. The molecule has 5 nitrogen and oxygen atoms in total. The van der Waals surface area contributed by atoms with Crippen molar-refractivity contribution in [2.45, 2.75) is 274 Å². The van der Waals surface area contributed by atoms with Crippen molar-refractivity contribution in [1.29, 1.82) is 0 Å². The molecule has 0 saturated carbocycles. The van der Waals surface area contributed by atoms with E-state index in [9.17, 15) is 0 Å². The van der Waals surface area contributed by atoms with Crippen LogP contribution in [0.2, 0.25) is 24.2 Å². The molecule has 0 saturated heterocycles. The first-order valence-corrected chi connectivity index (χ1v) is 50.1. The van der Waals surface area contributed by atoms with Crippen molar-refractivity contribution in [3.63, 3.8) is 0 Å². The molecular weight excluding hydrogens is 1460 g/mol. The number of hydrogen-bond donors (Lipinski definition) is 0. The predicted octanol–water partition coefficient (Wildman–Crippen LogP) is 27.3. The number of rotatable bonds is 35. The molecule has 7 aromatic heterocycles. The summed E-state index contributed by atoms with van der Waals surface area (Å²) in [5.41, 5.74) is 1.93. The Labute approximate surface area is 648 Å². The highest BCUT2D eigenvalue weighted by Crippen LogP contribution is 2.56. The normalized spacial score (nSPS) is 17.9. The van der Waals surface area contributed by atoms with Crippen LogP contribution in [0.1, 0.15) is 270 Å². The second-order valence-corrected chi connectivity index (χ2v) is 48.0. The van der Waals surface area contributed by atoms with Crippen LogP contribution in [0.5, 0.6) is 0 Å². The van der Waals surface area contributed by atoms with Gasteiger partial charge >= 0.3 is 0 Å². The summed E-state index contributed by atoms with van der Waals surface area (Å²) in [7, 11) is -5.53. The van der Waals surface area contributed by atoms with Gasteiger partial charge in [-0.15, -0.1) is 68.0 Å². The molecule has 9 aromatic rings. The average Bonchev–Trinajstić information content (AvgIpc) is 1.54. The van der Waals surface area contributed by atoms with Crippen molar-refractivity contribution in [2.75, 3.05) is 6.54 Å². The average molecular weight is 1580 g/mol. The van der Waals surface area contributed by atoms with Crippen molar-refractivity contribution in [1.82, 2.24) is 13.6 Å². The monoisotopic (exact) mass is 1570 g/mol. The van der Waals surface area contributed by atoms with Crippen molar-refractivity contribution < 1.29 is 27.2 Å². The fourth-order valence-electron chi connectivity index (χ4n) is 17.6. The quantitative estimate of drug-likeness (QED) is 0.0172. The summed E-state index contributed by atoms with van der Waals surface area (Å²) in [6.45, 7) is 36.3. The molecule has 0 bridgehead atoms. The van der Waals surface area contributed by atoms with Gasteiger partial charge in [0, 0.05) is 76.2 Å². The van der Waals surface area contributed by atoms with Gasteiger partial charge in [-0.2, -0.15) is 8.75 Å². The highest BCUT2D eigenvalue weighted by molar-refractivity contribution is 7.33. The molecule has 0 aliphatic carbocycles. The summed E-state index contributed by atoms with van der Waals surface area (Å²) >= 11 is 10.5. The topological polar surface area (TPSA) is 63.2 Å². The SMILES string of the molecule is CCCCC(CC)CN1C(=O)c2c(c(-c3ccc(C(C)(C)C)s3)c3nsnc3c2-c2ccc(-c3cc4c(s3)-c3sc(-c5c(F)c(F)c(-c6cc7c(s6)-c6sc(C(C)(C)C)cc6[Si]7(CC(CC)CCCC)CC(CC)CCCC)c(F)c5F)cc3[Si]4(CC(CC)CCCC)CC(CC)CCCC)s2)C1=O. The number of aromatic nitrogens is 2. The number of carbonyl (C=O) groups excluding carboxylic acids is 2. The Kier molecular flexibility index (Phi) is 25.0. The predicted molar refractivity (Wildman–Crippen MR) is 451 cm³/mol. The van der Waals surface area contributed by atoms with E-state index >= 15 is 27.2 Å². The highest BCUT2D eigenvalue weighted by Gasteiger charge is 2.53. The van der Waals surface area contributed by atoms with Crippen LogP contribution in [0.3, 0.4) is 0 Å². The van der Waals surface area contributed by atoms with Crippen LogP contribution in [0, 0.1) is 52.9 Å². The number of imide groups is 1. The second kappa shape index (κ2) is 32.7. The minimum atomic E-state index is -2.89. The number of hydrogen-bond acceptors (Lipinski definition) is 11. The molecule has 3 aliphatic heterocycles. The van der Waals surface area contributed by atoms with E-state index in [-0.39, 0.29) is 38.3 Å². The number of nitrogens with zero attached hydrogens (tertiary/aromatic N) is 3. The number of carbonyl (C=O) groups is 2. The molecule has 2 amide bonds. The first-order valence-electron chi connectivity index (χ1n) is 39.7. The standard InChI is InChI=1S/C86H111F4N3O2S7Si2/c1-17-27-32-50(22-6)45-93-83(94)71-67(77-78(92-102-91-77)68(72(71)84(93)95)57-39-40-65(97-57)85(11,12)13)56-38-37-55(96-56)58-41-61-79(98-58)80-62(103(61,46-51(23-7)33-28-18-2)47-52(24-8)34-29-19-3)42-59(99-80)69-73(87)75(89)70(76(90)74(69)88)60-43-63-81(100-60)82-64(44-66(101-82)86(14,15)16)104(63,48-53(25-9)35-30-20-4)49-54(26-10)36-31-21-5/h37-44,50-54H,17-36,45-49H2,1-16H3. The first-order chi connectivity index (χ1) is 49.8. The molecule has 0 spiro atoms. The molecule has 2 aromatic carbocycles. The minimum absolute atomic E-state index is 0.104. The number of amides is 2. The first kappa shape index (κ1) is 79.3. The van der Waals surface area contributed by atoms with Crippen LogP contribution in [-0.4, -0.2) is 48.2 Å². The van der Waals surface area contributed by atoms with Crippen molar-refractivity contribution in [2.24, 2.45) is 29.6 Å². The fourth-order valence-corrected chi connectivity index (χ4v) is 41.4. The third kappa shape index (κ3) is 14.7. The Morgan fingerprint density at radius 1 is 0.375 bits per heavy atom. The number of unbranched alkanes of at least 4 members (excludes halogenated alkanes) is 5. The van der Waals surface area contributed by atoms with Crippen molar-refractivity contribution in [3.05, 3.63) is 92.7 Å². The molecule has 5 atom stereocenters. The fraction of sp³-hybridized carbons (Fsp3) is 0.558. The Hall–Kier alpha value is -4.25. The van der Waals surface area contributed by atoms with E-state index in [1.54, 1.807) is 34.0 Å². The highest BCUT2D eigenvalue weighted by atomic mass is 32.1. The number of halogens is 4. The second-order valence-electron chi connectivity index (χ2n) is 33.0. The molecule has 0 N–H and O–H groups in total. The molecular formula is C86H111F4N3O2S7Si2. The van der Waals surface area contributed by atoms with Crippen molar-refractivity contribution in [3.8, 4) is 71.0 Å². The Morgan fingerprint density at radius 2 is 0.712 bits per heavy atom. The van der Waals surface area contributed by atoms with Crippen LogP contribution in [0.15, 0.2) is 48.5 Å². The molecule has 10 heterocycles. The lowest BCUT2D eigenvalue weighted by molar-refractivity contribution is 0.0624. The van der Waals surface area contributed by atoms with Gasteiger partial charge < -0.3 is 0 Å². The summed E-state index contributed by atoms with van der Waals surface area (Å²) in [5, 5.41) is 5.20. The van der Waals surface area contributed by atoms with Gasteiger partial charge in [0.15, 0.2) is 23.3 Å². The van der Waals surface area contributed by atoms with E-state index in [4.69, 9.17) is 8.75 Å². The largest absolute Gasteiger partial charge is 0.274 e. The summed E-state index contributed by atoms with van der Waals surface area (Å²) in [4.78, 5) is 43.4. The lowest BCUT2D eigenvalue weighted by atomic mass is 9.93. The maximum atomic E-state index is 18.1. The summed E-state index contributed by atoms with van der Waals surface area (Å²) in [5.74, 6) is -3.91. The van der Waals surface area contributed by atoms with Crippen LogP contribution in [-0.2, 0) is 10.8 Å². The van der Waals surface area contributed by atoms with E-state index < -0.39 is 50.5 Å². The van der Waals surface area contributed by atoms with Crippen LogP contribution in [0.25, 0.3) is 82.1 Å². The van der Waals surface area contributed by atoms with Crippen LogP contribution in [0.4, 0.5) is 17.6 Å². The van der Waals surface area contributed by atoms with E-state index in [1.807, 2.05) is 23.5 Å². The van der Waals surface area contributed by atoms with Gasteiger partial charge in [0.2, 0.25) is 0 Å². The van der Waals surface area contributed by atoms with Gasteiger partial charge in [0.25, 0.3) is 11.8 Å². The smallest absolute Gasteiger partial charge is 0.262 e. The van der Waals surface area contributed by atoms with Crippen LogP contribution < -0.4 is 20.7 Å². The van der Waals surface area contributed by atoms with Crippen molar-refractivity contribution >= 4 is 139 Å². The van der Waals surface area contributed by atoms with Gasteiger partial charge in [-0.25, -0.2) is 17.6 Å². The van der Waals surface area contributed by atoms with E-state index in [1.165, 1.54) is 57.8 Å². The third-order valence-electron chi connectivity index (χ3n) is 23.9. The van der Waals surface area contributed by atoms with E-state index in [0.29, 0.717) is 63.5 Å². The maximum Gasteiger partial charge on any atom is 0.262 e. The number of benzene rings is 2. The Balaban J connectivity index is 1.01. The minimum Gasteiger partial charge on any atom is -0.274 e.